The van der Waals surface area contributed by atoms with Crippen molar-refractivity contribution in [2.24, 2.45) is 5.73 Å². The standard InChI is InChI=1S/C5H11NO2S.C4H12N/c1-9-3-2-4(6)5(7)8;1-5(2,3)4/h4H,2-3,6H2,1H3,(H,7,8);1-4H3/q;+1. The van der Waals surface area contributed by atoms with E-state index in [1.54, 1.807) is 11.8 Å². The van der Waals surface area contributed by atoms with Crippen molar-refractivity contribution in [1.82, 2.24) is 0 Å². The number of nitrogens with zero attached hydrogens (tertiary/aromatic N) is 1. The molecule has 0 aromatic carbocycles. The number of hydrogen-bond donors (Lipinski definition) is 2. The molecule has 0 saturated heterocycles. The van der Waals surface area contributed by atoms with Gasteiger partial charge < -0.3 is 15.3 Å². The highest BCUT2D eigenvalue weighted by Crippen LogP contribution is 1.97. The first-order valence-electron chi connectivity index (χ1n) is 4.44. The monoisotopic (exact) mass is 223 g/mol. The summed E-state index contributed by atoms with van der Waals surface area (Å²) in [6, 6.07) is -0.683. The number of thioether (sulfide) groups is 1. The number of quaternary nitrogens is 1. The molecular weight excluding hydrogens is 200 g/mol. The van der Waals surface area contributed by atoms with Gasteiger partial charge >= 0.3 is 5.97 Å². The van der Waals surface area contributed by atoms with Crippen LogP contribution in [0.3, 0.4) is 0 Å². The molecule has 0 heterocycles. The Kier molecular flexibility index (Phi) is 9.34. The van der Waals surface area contributed by atoms with Crippen LogP contribution in [0.25, 0.3) is 0 Å². The van der Waals surface area contributed by atoms with Gasteiger partial charge in [0.25, 0.3) is 0 Å². The van der Waals surface area contributed by atoms with E-state index in [9.17, 15) is 4.79 Å². The van der Waals surface area contributed by atoms with Crippen molar-refractivity contribution in [3.05, 3.63) is 0 Å². The first kappa shape index (κ1) is 16.2. The molecule has 0 bridgehead atoms. The Hall–Kier alpha value is -0.260. The predicted octanol–water partition coefficient (Wildman–Crippen LogP) is 0.474. The molecule has 0 spiro atoms. The molecule has 0 aromatic rings. The third-order valence-corrected chi connectivity index (χ3v) is 1.59. The fraction of sp³-hybridized carbons (Fsp3) is 0.889. The van der Waals surface area contributed by atoms with Gasteiger partial charge in [-0.25, -0.2) is 0 Å². The minimum atomic E-state index is -0.913. The summed E-state index contributed by atoms with van der Waals surface area (Å²) in [7, 11) is 8.50. The molecule has 5 heteroatoms. The average molecular weight is 223 g/mol. The number of carboxylic acids is 1. The van der Waals surface area contributed by atoms with Gasteiger partial charge in [0.15, 0.2) is 0 Å². The highest BCUT2D eigenvalue weighted by molar-refractivity contribution is 7.98. The van der Waals surface area contributed by atoms with Crippen LogP contribution in [-0.4, -0.2) is 61.8 Å². The molecule has 1 unspecified atom stereocenters. The van der Waals surface area contributed by atoms with Crippen LogP contribution in [0.4, 0.5) is 0 Å². The quantitative estimate of drug-likeness (QED) is 0.680. The summed E-state index contributed by atoms with van der Waals surface area (Å²) in [5.41, 5.74) is 5.19. The zero-order valence-corrected chi connectivity index (χ0v) is 10.6. The summed E-state index contributed by atoms with van der Waals surface area (Å²) in [6.07, 6.45) is 2.48. The van der Waals surface area contributed by atoms with Crippen molar-refractivity contribution in [2.45, 2.75) is 12.5 Å². The first-order valence-corrected chi connectivity index (χ1v) is 5.84. The van der Waals surface area contributed by atoms with Crippen LogP contribution in [0.15, 0.2) is 0 Å². The minimum Gasteiger partial charge on any atom is -0.480 e. The smallest absolute Gasteiger partial charge is 0.320 e. The number of rotatable bonds is 4. The molecule has 0 fully saturated rings. The van der Waals surface area contributed by atoms with Crippen molar-refractivity contribution < 1.29 is 14.4 Å². The third-order valence-electron chi connectivity index (χ3n) is 0.950. The maximum atomic E-state index is 10.1. The molecule has 0 aliphatic rings. The van der Waals surface area contributed by atoms with Gasteiger partial charge in [-0.2, -0.15) is 11.8 Å². The molecule has 0 saturated carbocycles. The second-order valence-electron chi connectivity index (χ2n) is 4.41. The van der Waals surface area contributed by atoms with Gasteiger partial charge in [0.2, 0.25) is 0 Å². The fourth-order valence-electron chi connectivity index (χ4n) is 0.368. The molecule has 86 valence electrons. The summed E-state index contributed by atoms with van der Waals surface area (Å²) in [5.74, 6) is -0.1000. The minimum absolute atomic E-state index is 0.552. The highest BCUT2D eigenvalue weighted by Gasteiger charge is 2.08. The first-order chi connectivity index (χ1) is 6.18. The molecule has 14 heavy (non-hydrogen) atoms. The lowest BCUT2D eigenvalue weighted by atomic mass is 10.2. The van der Waals surface area contributed by atoms with Crippen LogP contribution >= 0.6 is 11.8 Å². The third kappa shape index (κ3) is 22.6. The molecule has 1 atom stereocenters. The van der Waals surface area contributed by atoms with Gasteiger partial charge in [0, 0.05) is 0 Å². The average Bonchev–Trinajstić information content (AvgIpc) is 1.96. The second kappa shape index (κ2) is 8.08. The van der Waals surface area contributed by atoms with E-state index in [4.69, 9.17) is 10.8 Å². The molecule has 0 rings (SSSR count). The van der Waals surface area contributed by atoms with E-state index < -0.39 is 12.0 Å². The van der Waals surface area contributed by atoms with Gasteiger partial charge in [0.1, 0.15) is 6.04 Å². The Bertz CT molecular complexity index is 151. The van der Waals surface area contributed by atoms with Gasteiger partial charge in [-0.1, -0.05) is 0 Å². The van der Waals surface area contributed by atoms with Crippen molar-refractivity contribution in [3.63, 3.8) is 0 Å². The topological polar surface area (TPSA) is 63.3 Å². The fourth-order valence-corrected chi connectivity index (χ4v) is 0.858. The van der Waals surface area contributed by atoms with Gasteiger partial charge in [-0.05, 0) is 18.4 Å². The molecule has 0 aliphatic heterocycles. The number of hydrogen-bond acceptors (Lipinski definition) is 3. The Morgan fingerprint density at radius 1 is 1.43 bits per heavy atom. The van der Waals surface area contributed by atoms with E-state index in [1.807, 2.05) is 6.26 Å². The van der Waals surface area contributed by atoms with Crippen LogP contribution in [0.1, 0.15) is 6.42 Å². The van der Waals surface area contributed by atoms with E-state index in [1.165, 1.54) is 0 Å². The van der Waals surface area contributed by atoms with Crippen molar-refractivity contribution >= 4 is 17.7 Å². The van der Waals surface area contributed by atoms with Crippen LogP contribution in [0.5, 0.6) is 0 Å². The van der Waals surface area contributed by atoms with E-state index in [0.29, 0.717) is 6.42 Å². The lowest BCUT2D eigenvalue weighted by Gasteiger charge is -2.14. The van der Waals surface area contributed by atoms with Gasteiger partial charge in [-0.15, -0.1) is 0 Å². The van der Waals surface area contributed by atoms with Crippen LogP contribution in [-0.2, 0) is 4.79 Å². The molecule has 0 amide bonds. The number of aliphatic carboxylic acids is 1. The summed E-state index contributed by atoms with van der Waals surface area (Å²) in [5, 5.41) is 8.27. The van der Waals surface area contributed by atoms with E-state index in [2.05, 4.69) is 28.2 Å². The van der Waals surface area contributed by atoms with Crippen LogP contribution in [0.2, 0.25) is 0 Å². The van der Waals surface area contributed by atoms with Gasteiger partial charge in [0.05, 0.1) is 28.2 Å². The molecule has 3 N–H and O–H groups in total. The van der Waals surface area contributed by atoms with Crippen molar-refractivity contribution in [3.8, 4) is 0 Å². The molecular formula is C9H23N2O2S+. The number of nitrogens with two attached hydrogens (primary N) is 1. The second-order valence-corrected chi connectivity index (χ2v) is 5.40. The molecule has 0 radical (unpaired) electrons. The summed E-state index contributed by atoms with van der Waals surface area (Å²) in [6.45, 7) is 0. The maximum absolute atomic E-state index is 10.1. The zero-order chi connectivity index (χ0) is 11.8. The van der Waals surface area contributed by atoms with Crippen molar-refractivity contribution in [1.29, 1.82) is 0 Å². The Morgan fingerprint density at radius 2 is 1.79 bits per heavy atom. The molecule has 4 nitrogen and oxygen atoms in total. The largest absolute Gasteiger partial charge is 0.480 e. The normalized spacial score (nSPS) is 12.7. The van der Waals surface area contributed by atoms with Crippen LogP contribution in [0, 0.1) is 0 Å². The van der Waals surface area contributed by atoms with E-state index in [-0.39, 0.29) is 0 Å². The summed E-state index contributed by atoms with van der Waals surface area (Å²) in [4.78, 5) is 10.1. The molecule has 0 aliphatic carbocycles. The predicted molar refractivity (Wildman–Crippen MR) is 62.6 cm³/mol. The van der Waals surface area contributed by atoms with Crippen molar-refractivity contribution in [2.75, 3.05) is 40.2 Å². The number of carbonyl (C=O) groups is 1. The SMILES string of the molecule is CSCCC(N)C(=O)O.C[N+](C)(C)C. The summed E-state index contributed by atoms with van der Waals surface area (Å²) < 4.78 is 1.00. The Balaban J connectivity index is 0. The zero-order valence-electron chi connectivity index (χ0n) is 9.78. The molecule has 0 aromatic heterocycles. The van der Waals surface area contributed by atoms with E-state index >= 15 is 0 Å². The summed E-state index contributed by atoms with van der Waals surface area (Å²) >= 11 is 1.60. The lowest BCUT2D eigenvalue weighted by Crippen LogP contribution is -2.30. The lowest BCUT2D eigenvalue weighted by molar-refractivity contribution is -0.849. The Labute approximate surface area is 91.1 Å². The van der Waals surface area contributed by atoms with Crippen LogP contribution < -0.4 is 5.73 Å². The maximum Gasteiger partial charge on any atom is 0.320 e. The van der Waals surface area contributed by atoms with Gasteiger partial charge in [-0.3, -0.25) is 4.79 Å². The Morgan fingerprint density at radius 3 is 2.00 bits per heavy atom. The number of carboxylic acid groups (broad SMARTS) is 1. The van der Waals surface area contributed by atoms with E-state index in [0.717, 1.165) is 10.2 Å². The highest BCUT2D eigenvalue weighted by atomic mass is 32.2.